The van der Waals surface area contributed by atoms with Crippen LogP contribution in [-0.2, 0) is 13.0 Å². The largest absolute Gasteiger partial charge is 0.368 e. The van der Waals surface area contributed by atoms with Crippen LogP contribution in [-0.4, -0.2) is 57.6 Å². The second kappa shape index (κ2) is 5.81. The third-order valence-electron chi connectivity index (χ3n) is 4.73. The first kappa shape index (κ1) is 14.4. The molecule has 0 spiro atoms. The number of nitrogens with two attached hydrogens (primary N) is 1. The van der Waals surface area contributed by atoms with Gasteiger partial charge in [0.05, 0.1) is 5.69 Å². The van der Waals surface area contributed by atoms with Crippen LogP contribution in [0.25, 0.3) is 11.4 Å². The Balaban J connectivity index is 1.65. The van der Waals surface area contributed by atoms with Gasteiger partial charge in [0.25, 0.3) is 0 Å². The summed E-state index contributed by atoms with van der Waals surface area (Å²) < 4.78 is 2.24. The molecule has 2 aromatic heterocycles. The van der Waals surface area contributed by atoms with Crippen molar-refractivity contribution in [3.63, 3.8) is 0 Å². The number of nitrogens with zero attached hydrogens (tertiary/aromatic N) is 6. The van der Waals surface area contributed by atoms with Gasteiger partial charge in [0.2, 0.25) is 5.95 Å². The minimum Gasteiger partial charge on any atom is -0.368 e. The molecular weight excluding hydrogens is 290 g/mol. The lowest BCUT2D eigenvalue weighted by molar-refractivity contribution is 0.312. The maximum Gasteiger partial charge on any atom is 0.222 e. The molecule has 2 aliphatic rings. The second-order valence-corrected chi connectivity index (χ2v) is 6.45. The molecule has 0 saturated carbocycles. The predicted molar refractivity (Wildman–Crippen MR) is 90.3 cm³/mol. The highest BCUT2D eigenvalue weighted by atomic mass is 15.3. The molecule has 7 nitrogen and oxygen atoms in total. The number of hydrogen-bond donors (Lipinski definition) is 1. The van der Waals surface area contributed by atoms with Crippen molar-refractivity contribution >= 4 is 11.8 Å². The molecule has 0 amide bonds. The summed E-state index contributed by atoms with van der Waals surface area (Å²) in [6.45, 7) is 5.06. The van der Waals surface area contributed by atoms with E-state index in [0.717, 1.165) is 62.2 Å². The molecule has 2 N–H and O–H groups in total. The first-order valence-corrected chi connectivity index (χ1v) is 8.33. The molecule has 2 aromatic rings. The summed E-state index contributed by atoms with van der Waals surface area (Å²) in [5, 5.41) is 0. The van der Waals surface area contributed by atoms with Gasteiger partial charge in [-0.05, 0) is 19.9 Å². The van der Waals surface area contributed by atoms with Crippen molar-refractivity contribution in [2.45, 2.75) is 25.8 Å². The summed E-state index contributed by atoms with van der Waals surface area (Å²) in [7, 11) is 2.15. The maximum atomic E-state index is 5.96. The Morgan fingerprint density at radius 2 is 1.78 bits per heavy atom. The van der Waals surface area contributed by atoms with Gasteiger partial charge in [-0.2, -0.15) is 4.98 Å². The normalized spacial score (nSPS) is 18.9. The van der Waals surface area contributed by atoms with Crippen molar-refractivity contribution in [2.75, 3.05) is 43.9 Å². The topological polar surface area (TPSA) is 76.1 Å². The minimum atomic E-state index is 0.322. The van der Waals surface area contributed by atoms with Gasteiger partial charge >= 0.3 is 0 Å². The zero-order valence-corrected chi connectivity index (χ0v) is 13.6. The van der Waals surface area contributed by atoms with Crippen LogP contribution >= 0.6 is 0 Å². The van der Waals surface area contributed by atoms with Crippen molar-refractivity contribution in [3.05, 3.63) is 18.1 Å². The molecule has 23 heavy (non-hydrogen) atoms. The first-order chi connectivity index (χ1) is 11.2. The van der Waals surface area contributed by atoms with Gasteiger partial charge in [-0.25, -0.2) is 9.97 Å². The summed E-state index contributed by atoms with van der Waals surface area (Å²) in [6.07, 6.45) is 5.59. The average molecular weight is 313 g/mol. The Morgan fingerprint density at radius 1 is 0.957 bits per heavy atom. The number of imidazole rings is 1. The second-order valence-electron chi connectivity index (χ2n) is 6.45. The van der Waals surface area contributed by atoms with E-state index >= 15 is 0 Å². The molecule has 0 radical (unpaired) electrons. The Bertz CT molecular complexity index is 677. The summed E-state index contributed by atoms with van der Waals surface area (Å²) in [5.74, 6) is 2.39. The van der Waals surface area contributed by atoms with Gasteiger partial charge in [0.1, 0.15) is 17.3 Å². The standard InChI is InChI=1S/C16H23N7/c1-21-6-8-22(9-7-21)15-10-12(19-16(17)20-15)13-11-23-5-3-2-4-14(23)18-13/h10-11H,2-9H2,1H3,(H2,17,19,20). The molecule has 2 aliphatic heterocycles. The SMILES string of the molecule is CN1CCN(c2cc(-c3cn4c(n3)CCCC4)nc(N)n2)CC1. The van der Waals surface area contributed by atoms with Crippen LogP contribution in [0.4, 0.5) is 11.8 Å². The zero-order valence-electron chi connectivity index (χ0n) is 13.6. The van der Waals surface area contributed by atoms with E-state index in [0.29, 0.717) is 5.95 Å². The summed E-state index contributed by atoms with van der Waals surface area (Å²) >= 11 is 0. The number of aromatic nitrogens is 4. The van der Waals surface area contributed by atoms with E-state index in [1.165, 1.54) is 12.8 Å². The fourth-order valence-corrected chi connectivity index (χ4v) is 3.32. The van der Waals surface area contributed by atoms with Crippen molar-refractivity contribution < 1.29 is 0 Å². The number of hydrogen-bond acceptors (Lipinski definition) is 6. The highest BCUT2D eigenvalue weighted by molar-refractivity contribution is 5.61. The van der Waals surface area contributed by atoms with Crippen LogP contribution in [0.2, 0.25) is 0 Å². The van der Waals surface area contributed by atoms with E-state index in [4.69, 9.17) is 10.7 Å². The van der Waals surface area contributed by atoms with Gasteiger partial charge in [-0.3, -0.25) is 0 Å². The summed E-state index contributed by atoms with van der Waals surface area (Å²) in [5.41, 5.74) is 7.69. The van der Waals surface area contributed by atoms with Crippen LogP contribution < -0.4 is 10.6 Å². The van der Waals surface area contributed by atoms with Crippen LogP contribution in [0.15, 0.2) is 12.3 Å². The average Bonchev–Trinajstić information content (AvgIpc) is 2.99. The third kappa shape index (κ3) is 2.88. The zero-order chi connectivity index (χ0) is 15.8. The van der Waals surface area contributed by atoms with Crippen LogP contribution in [0, 0.1) is 0 Å². The van der Waals surface area contributed by atoms with Gasteiger partial charge < -0.3 is 20.1 Å². The number of aryl methyl sites for hydroxylation is 2. The number of nitrogen functional groups attached to an aromatic ring is 1. The number of piperazine rings is 1. The Morgan fingerprint density at radius 3 is 2.57 bits per heavy atom. The summed E-state index contributed by atoms with van der Waals surface area (Å²) in [6, 6.07) is 2.02. The molecule has 4 heterocycles. The van der Waals surface area contributed by atoms with Gasteiger partial charge in [0.15, 0.2) is 0 Å². The number of rotatable bonds is 2. The smallest absolute Gasteiger partial charge is 0.222 e. The fraction of sp³-hybridized carbons (Fsp3) is 0.562. The molecule has 7 heteroatoms. The quantitative estimate of drug-likeness (QED) is 0.892. The van der Waals surface area contributed by atoms with Crippen molar-refractivity contribution in [3.8, 4) is 11.4 Å². The van der Waals surface area contributed by atoms with E-state index in [-0.39, 0.29) is 0 Å². The Hall–Kier alpha value is -2.15. The highest BCUT2D eigenvalue weighted by Gasteiger charge is 2.19. The van der Waals surface area contributed by atoms with Gasteiger partial charge in [-0.1, -0.05) is 0 Å². The molecule has 1 saturated heterocycles. The molecule has 0 unspecified atom stereocenters. The molecule has 1 fully saturated rings. The van der Waals surface area contributed by atoms with Crippen molar-refractivity contribution in [2.24, 2.45) is 0 Å². The lowest BCUT2D eigenvalue weighted by atomic mass is 10.2. The maximum absolute atomic E-state index is 5.96. The van der Waals surface area contributed by atoms with Gasteiger partial charge in [-0.15, -0.1) is 0 Å². The molecule has 0 aliphatic carbocycles. The number of likely N-dealkylation sites (N-methyl/N-ethyl adjacent to an activating group) is 1. The van der Waals surface area contributed by atoms with Gasteiger partial charge in [0, 0.05) is 51.4 Å². The Kier molecular flexibility index (Phi) is 3.65. The van der Waals surface area contributed by atoms with E-state index in [1.54, 1.807) is 0 Å². The lowest BCUT2D eigenvalue weighted by Crippen LogP contribution is -2.44. The molecule has 4 rings (SSSR count). The predicted octanol–water partition coefficient (Wildman–Crippen LogP) is 1.01. The van der Waals surface area contributed by atoms with Crippen LogP contribution in [0.1, 0.15) is 18.7 Å². The van der Waals surface area contributed by atoms with E-state index in [2.05, 4.69) is 37.6 Å². The van der Waals surface area contributed by atoms with Crippen molar-refractivity contribution in [1.29, 1.82) is 0 Å². The first-order valence-electron chi connectivity index (χ1n) is 8.33. The molecule has 0 atom stereocenters. The molecule has 0 bridgehead atoms. The van der Waals surface area contributed by atoms with Crippen molar-refractivity contribution in [1.82, 2.24) is 24.4 Å². The number of fused-ring (bicyclic) bond motifs is 1. The minimum absolute atomic E-state index is 0.322. The molecule has 0 aromatic carbocycles. The summed E-state index contributed by atoms with van der Waals surface area (Å²) in [4.78, 5) is 18.2. The fourth-order valence-electron chi connectivity index (χ4n) is 3.32. The van der Waals surface area contributed by atoms with E-state index < -0.39 is 0 Å². The Labute approximate surface area is 136 Å². The van der Waals surface area contributed by atoms with E-state index in [9.17, 15) is 0 Å². The third-order valence-corrected chi connectivity index (χ3v) is 4.73. The number of anilines is 2. The molecular formula is C16H23N7. The highest BCUT2D eigenvalue weighted by Crippen LogP contribution is 2.25. The van der Waals surface area contributed by atoms with Crippen LogP contribution in [0.5, 0.6) is 0 Å². The van der Waals surface area contributed by atoms with Crippen LogP contribution in [0.3, 0.4) is 0 Å². The van der Waals surface area contributed by atoms with E-state index in [1.807, 2.05) is 6.07 Å². The lowest BCUT2D eigenvalue weighted by Gasteiger charge is -2.33. The molecule has 122 valence electrons. The monoisotopic (exact) mass is 313 g/mol.